The van der Waals surface area contributed by atoms with Gasteiger partial charge in [0.2, 0.25) is 0 Å². The summed E-state index contributed by atoms with van der Waals surface area (Å²) in [7, 11) is 2.01. The second-order valence-electron chi connectivity index (χ2n) is 7.82. The standard InChI is InChI=1S/C23H26N2S.C2H6/c1-8-19-13-14-20(26-19)22-21(15(2)25(7)16(3)24-22)17-9-11-18(12-10-17)23(4,5)6;1-2/h1,9-14,21-22,24H,2-3H2,4-7H3;1-2H3. The molecular formula is C25H32N2S. The van der Waals surface area contributed by atoms with Crippen LogP contribution in [0.25, 0.3) is 0 Å². The number of nitrogens with one attached hydrogen (secondary N) is 1. The van der Waals surface area contributed by atoms with E-state index in [1.54, 1.807) is 11.3 Å². The molecule has 28 heavy (non-hydrogen) atoms. The van der Waals surface area contributed by atoms with E-state index in [1.165, 1.54) is 16.0 Å². The van der Waals surface area contributed by atoms with Crippen LogP contribution in [0, 0.1) is 12.3 Å². The summed E-state index contributed by atoms with van der Waals surface area (Å²) in [6.45, 7) is 19.2. The Hall–Kier alpha value is -2.44. The molecule has 1 aromatic heterocycles. The maximum atomic E-state index is 5.57. The van der Waals surface area contributed by atoms with Crippen LogP contribution in [0.2, 0.25) is 0 Å². The van der Waals surface area contributed by atoms with Crippen molar-refractivity contribution in [2.45, 2.75) is 52.0 Å². The van der Waals surface area contributed by atoms with Crippen molar-refractivity contribution in [2.75, 3.05) is 7.05 Å². The molecule has 3 heteroatoms. The molecule has 2 atom stereocenters. The van der Waals surface area contributed by atoms with E-state index >= 15 is 0 Å². The highest BCUT2D eigenvalue weighted by molar-refractivity contribution is 7.12. The molecule has 1 aliphatic rings. The first kappa shape index (κ1) is 21.9. The van der Waals surface area contributed by atoms with Crippen molar-refractivity contribution in [3.8, 4) is 12.3 Å². The Kier molecular flexibility index (Phi) is 6.80. The van der Waals surface area contributed by atoms with E-state index in [0.29, 0.717) is 0 Å². The van der Waals surface area contributed by atoms with Crippen molar-refractivity contribution in [3.63, 3.8) is 0 Å². The molecule has 0 bridgehead atoms. The molecule has 1 aromatic carbocycles. The summed E-state index contributed by atoms with van der Waals surface area (Å²) in [6, 6.07) is 13.1. The minimum Gasteiger partial charge on any atom is -0.363 e. The zero-order valence-electron chi connectivity index (χ0n) is 18.0. The third-order valence-electron chi connectivity index (χ3n) is 5.06. The predicted molar refractivity (Wildman–Crippen MR) is 123 cm³/mol. The number of thiophene rings is 1. The van der Waals surface area contributed by atoms with Gasteiger partial charge in [-0.15, -0.1) is 17.8 Å². The number of hydrogen-bond acceptors (Lipinski definition) is 3. The van der Waals surface area contributed by atoms with Crippen molar-refractivity contribution in [3.05, 3.63) is 82.0 Å². The minimum absolute atomic E-state index is 0.0822. The molecule has 0 radical (unpaired) electrons. The SMILES string of the molecule is C#Cc1ccc(C2NC(=C)N(C)C(=C)C2c2ccc(C(C)(C)C)cc2)s1.CC. The largest absolute Gasteiger partial charge is 0.363 e. The van der Waals surface area contributed by atoms with Crippen molar-refractivity contribution < 1.29 is 0 Å². The summed E-state index contributed by atoms with van der Waals surface area (Å²) in [5, 5.41) is 3.56. The molecule has 0 saturated carbocycles. The summed E-state index contributed by atoms with van der Waals surface area (Å²) in [4.78, 5) is 4.19. The molecule has 2 unspecified atom stereocenters. The van der Waals surface area contributed by atoms with Crippen molar-refractivity contribution >= 4 is 11.3 Å². The van der Waals surface area contributed by atoms with Gasteiger partial charge in [-0.25, -0.2) is 0 Å². The molecule has 2 heterocycles. The van der Waals surface area contributed by atoms with Crippen LogP contribution in [0.1, 0.15) is 67.5 Å². The third-order valence-corrected chi connectivity index (χ3v) is 6.16. The highest BCUT2D eigenvalue weighted by Gasteiger charge is 2.35. The van der Waals surface area contributed by atoms with Crippen LogP contribution >= 0.6 is 11.3 Å². The van der Waals surface area contributed by atoms with E-state index in [2.05, 4.69) is 75.5 Å². The van der Waals surface area contributed by atoms with Crippen LogP contribution in [-0.2, 0) is 5.41 Å². The lowest BCUT2D eigenvalue weighted by atomic mass is 9.82. The fourth-order valence-corrected chi connectivity index (χ4v) is 4.25. The average molecular weight is 393 g/mol. The number of likely N-dealkylation sites (N-methyl/N-ethyl adjacent to an activating group) is 1. The smallest absolute Gasteiger partial charge is 0.0984 e. The Bertz CT molecular complexity index is 875. The maximum absolute atomic E-state index is 5.57. The number of rotatable bonds is 2. The van der Waals surface area contributed by atoms with Crippen LogP contribution in [0.5, 0.6) is 0 Å². The van der Waals surface area contributed by atoms with Gasteiger partial charge in [-0.05, 0) is 28.7 Å². The molecule has 1 saturated heterocycles. The molecule has 2 nitrogen and oxygen atoms in total. The summed E-state index contributed by atoms with van der Waals surface area (Å²) >= 11 is 1.65. The zero-order chi connectivity index (χ0) is 21.1. The molecule has 148 valence electrons. The van der Waals surface area contributed by atoms with Gasteiger partial charge >= 0.3 is 0 Å². The van der Waals surface area contributed by atoms with Gasteiger partial charge in [0.1, 0.15) is 0 Å². The molecule has 0 spiro atoms. The normalized spacial score (nSPS) is 19.4. The quantitative estimate of drug-likeness (QED) is 0.595. The Balaban J connectivity index is 0.00000136. The lowest BCUT2D eigenvalue weighted by Crippen LogP contribution is -2.41. The topological polar surface area (TPSA) is 15.3 Å². The summed E-state index contributed by atoms with van der Waals surface area (Å²) in [6.07, 6.45) is 5.57. The van der Waals surface area contributed by atoms with E-state index in [9.17, 15) is 0 Å². The van der Waals surface area contributed by atoms with E-state index in [1.807, 2.05) is 31.9 Å². The van der Waals surface area contributed by atoms with Crippen LogP contribution < -0.4 is 5.32 Å². The van der Waals surface area contributed by atoms with Crippen LogP contribution in [-0.4, -0.2) is 11.9 Å². The molecule has 2 aromatic rings. The van der Waals surface area contributed by atoms with Gasteiger partial charge in [0.25, 0.3) is 0 Å². The number of hydrogen-bond donors (Lipinski definition) is 1. The van der Waals surface area contributed by atoms with Gasteiger partial charge in [-0.1, -0.05) is 78.0 Å². The molecule has 1 fully saturated rings. The first-order valence-corrected chi connectivity index (χ1v) is 10.6. The Morgan fingerprint density at radius 1 is 1.07 bits per heavy atom. The number of nitrogens with zero attached hydrogens (tertiary/aromatic N) is 1. The first-order valence-electron chi connectivity index (χ1n) is 9.77. The molecule has 3 rings (SSSR count). The second-order valence-corrected chi connectivity index (χ2v) is 8.93. The third kappa shape index (κ3) is 4.34. The van der Waals surface area contributed by atoms with Gasteiger partial charge in [0, 0.05) is 23.5 Å². The molecule has 1 aliphatic heterocycles. The van der Waals surface area contributed by atoms with Gasteiger partial charge in [-0.3, -0.25) is 0 Å². The Morgan fingerprint density at radius 2 is 1.68 bits per heavy atom. The average Bonchev–Trinajstić information content (AvgIpc) is 3.16. The molecular weight excluding hydrogens is 360 g/mol. The van der Waals surface area contributed by atoms with Crippen LogP contribution in [0.4, 0.5) is 0 Å². The lowest BCUT2D eigenvalue weighted by Gasteiger charge is -2.42. The lowest BCUT2D eigenvalue weighted by molar-refractivity contribution is 0.325. The van der Waals surface area contributed by atoms with E-state index in [-0.39, 0.29) is 17.4 Å². The fourth-order valence-electron chi connectivity index (χ4n) is 3.34. The van der Waals surface area contributed by atoms with Gasteiger partial charge in [-0.2, -0.15) is 0 Å². The summed E-state index contributed by atoms with van der Waals surface area (Å²) in [5.41, 5.74) is 3.75. The summed E-state index contributed by atoms with van der Waals surface area (Å²) < 4.78 is 0. The number of terminal acetylenes is 1. The molecule has 1 N–H and O–H groups in total. The Morgan fingerprint density at radius 3 is 2.18 bits per heavy atom. The van der Waals surface area contributed by atoms with E-state index in [0.717, 1.165) is 16.4 Å². The number of benzene rings is 1. The van der Waals surface area contributed by atoms with Crippen molar-refractivity contribution in [2.24, 2.45) is 0 Å². The van der Waals surface area contributed by atoms with Crippen LogP contribution in [0.15, 0.2) is 61.1 Å². The fraction of sp³-hybridized carbons (Fsp3) is 0.360. The van der Waals surface area contributed by atoms with Gasteiger partial charge in [0.05, 0.1) is 16.7 Å². The minimum atomic E-state index is 0.0822. The van der Waals surface area contributed by atoms with E-state index < -0.39 is 0 Å². The zero-order valence-corrected chi connectivity index (χ0v) is 18.8. The van der Waals surface area contributed by atoms with Gasteiger partial charge in [0.15, 0.2) is 0 Å². The highest BCUT2D eigenvalue weighted by Crippen LogP contribution is 2.44. The monoisotopic (exact) mass is 392 g/mol. The Labute approximate surface area is 175 Å². The van der Waals surface area contributed by atoms with Crippen molar-refractivity contribution in [1.82, 2.24) is 10.2 Å². The first-order chi connectivity index (χ1) is 13.2. The van der Waals surface area contributed by atoms with Crippen LogP contribution in [0.3, 0.4) is 0 Å². The highest BCUT2D eigenvalue weighted by atomic mass is 32.1. The molecule has 0 aliphatic carbocycles. The predicted octanol–water partition coefficient (Wildman–Crippen LogP) is 6.40. The van der Waals surface area contributed by atoms with E-state index in [4.69, 9.17) is 6.42 Å². The van der Waals surface area contributed by atoms with Crippen molar-refractivity contribution in [1.29, 1.82) is 0 Å². The van der Waals surface area contributed by atoms with Gasteiger partial charge < -0.3 is 10.2 Å². The maximum Gasteiger partial charge on any atom is 0.0984 e. The second kappa shape index (κ2) is 8.71. The summed E-state index contributed by atoms with van der Waals surface area (Å²) in [5.74, 6) is 3.72. The molecule has 0 amide bonds.